The molecule has 1 saturated carbocycles. The summed E-state index contributed by atoms with van der Waals surface area (Å²) < 4.78 is 2.08. The summed E-state index contributed by atoms with van der Waals surface area (Å²) in [6.45, 7) is 6.15. The average Bonchev–Trinajstić information content (AvgIpc) is 2.92. The molecule has 6 nitrogen and oxygen atoms in total. The second-order valence-electron chi connectivity index (χ2n) is 6.74. The first-order valence-electron chi connectivity index (χ1n) is 8.49. The zero-order valence-electron chi connectivity index (χ0n) is 14.9. The van der Waals surface area contributed by atoms with Crippen LogP contribution in [0.4, 0.5) is 5.95 Å². The van der Waals surface area contributed by atoms with E-state index in [-0.39, 0.29) is 17.2 Å². The van der Waals surface area contributed by atoms with Crippen LogP contribution < -0.4 is 10.2 Å². The zero-order valence-corrected chi connectivity index (χ0v) is 15.7. The quantitative estimate of drug-likeness (QED) is 0.808. The van der Waals surface area contributed by atoms with Crippen molar-refractivity contribution in [3.05, 3.63) is 0 Å². The number of carbonyl (C=O) groups is 1. The van der Waals surface area contributed by atoms with Gasteiger partial charge in [0, 0.05) is 26.2 Å². The van der Waals surface area contributed by atoms with E-state index < -0.39 is 0 Å². The average molecular weight is 340 g/mol. The molecule has 7 heteroatoms. The van der Waals surface area contributed by atoms with Crippen LogP contribution in [0.1, 0.15) is 58.9 Å². The highest BCUT2D eigenvalue weighted by Gasteiger charge is 2.24. The number of nitrogens with zero attached hydrogens (tertiary/aromatic N) is 4. The molecule has 0 aliphatic heterocycles. The summed E-state index contributed by atoms with van der Waals surface area (Å²) in [5.41, 5.74) is 0. The molecule has 1 fully saturated rings. The molecule has 1 heterocycles. The molecule has 2 rings (SSSR count). The van der Waals surface area contributed by atoms with Crippen molar-refractivity contribution in [3.8, 4) is 0 Å². The zero-order chi connectivity index (χ0) is 17.0. The molecule has 130 valence electrons. The number of hydrogen-bond donors (Lipinski definition) is 1. The molecule has 1 aliphatic rings. The second-order valence-corrected chi connectivity index (χ2v) is 8.05. The van der Waals surface area contributed by atoms with Gasteiger partial charge in [0.15, 0.2) is 5.16 Å². The van der Waals surface area contributed by atoms with Gasteiger partial charge in [-0.15, -0.1) is 10.2 Å². The summed E-state index contributed by atoms with van der Waals surface area (Å²) in [5, 5.41) is 12.4. The molecular weight excluding hydrogens is 310 g/mol. The van der Waals surface area contributed by atoms with E-state index in [1.54, 1.807) is 0 Å². The van der Waals surface area contributed by atoms with Gasteiger partial charge < -0.3 is 10.2 Å². The Labute approximate surface area is 143 Å². The third kappa shape index (κ3) is 4.62. The van der Waals surface area contributed by atoms with Crippen molar-refractivity contribution in [2.75, 3.05) is 19.0 Å². The van der Waals surface area contributed by atoms with Crippen LogP contribution >= 0.6 is 11.8 Å². The Morgan fingerprint density at radius 2 is 1.87 bits per heavy atom. The van der Waals surface area contributed by atoms with Crippen LogP contribution in [0, 0.1) is 0 Å². The Balaban J connectivity index is 2.01. The van der Waals surface area contributed by atoms with Crippen molar-refractivity contribution >= 4 is 23.6 Å². The number of hydrogen-bond acceptors (Lipinski definition) is 5. The Bertz CT molecular complexity index is 523. The minimum Gasteiger partial charge on any atom is -0.352 e. The van der Waals surface area contributed by atoms with Gasteiger partial charge in [-0.3, -0.25) is 9.36 Å². The van der Waals surface area contributed by atoms with Crippen LogP contribution in [-0.2, 0) is 4.79 Å². The van der Waals surface area contributed by atoms with Gasteiger partial charge in [0.1, 0.15) is 0 Å². The first-order chi connectivity index (χ1) is 10.9. The summed E-state index contributed by atoms with van der Waals surface area (Å²) in [5.74, 6) is 0.925. The Morgan fingerprint density at radius 3 is 2.43 bits per heavy atom. The molecule has 0 bridgehead atoms. The number of amides is 1. The summed E-state index contributed by atoms with van der Waals surface area (Å²) in [6.07, 6.45) is 5.95. The molecular formula is C16H29N5OS. The fraction of sp³-hybridized carbons (Fsp3) is 0.812. The van der Waals surface area contributed by atoms with E-state index in [1.165, 1.54) is 31.0 Å². The minimum absolute atomic E-state index is 0.103. The lowest BCUT2D eigenvalue weighted by Gasteiger charge is -2.24. The van der Waals surface area contributed by atoms with Gasteiger partial charge >= 0.3 is 0 Å². The molecule has 1 aromatic heterocycles. The first-order valence-corrected chi connectivity index (χ1v) is 9.37. The highest BCUT2D eigenvalue weighted by molar-refractivity contribution is 8.00. The van der Waals surface area contributed by atoms with Gasteiger partial charge in [0.2, 0.25) is 11.9 Å². The van der Waals surface area contributed by atoms with E-state index in [1.807, 2.05) is 25.9 Å². The van der Waals surface area contributed by atoms with E-state index in [0.717, 1.165) is 23.9 Å². The van der Waals surface area contributed by atoms with Crippen LogP contribution in [0.2, 0.25) is 0 Å². The van der Waals surface area contributed by atoms with E-state index in [2.05, 4.69) is 33.9 Å². The van der Waals surface area contributed by atoms with Crippen molar-refractivity contribution in [3.63, 3.8) is 0 Å². The van der Waals surface area contributed by atoms with Gasteiger partial charge in [-0.05, 0) is 33.6 Å². The largest absolute Gasteiger partial charge is 0.352 e. The lowest BCUT2D eigenvalue weighted by molar-refractivity contribution is -0.121. The van der Waals surface area contributed by atoms with Crippen molar-refractivity contribution in [1.82, 2.24) is 20.1 Å². The molecule has 0 radical (unpaired) electrons. The summed E-state index contributed by atoms with van der Waals surface area (Å²) in [4.78, 5) is 14.4. The number of aromatic nitrogens is 3. The fourth-order valence-electron chi connectivity index (χ4n) is 2.88. The van der Waals surface area contributed by atoms with E-state index in [4.69, 9.17) is 0 Å². The third-order valence-corrected chi connectivity index (χ3v) is 5.22. The summed E-state index contributed by atoms with van der Waals surface area (Å²) in [7, 11) is 3.91. The third-order valence-electron chi connectivity index (χ3n) is 4.17. The van der Waals surface area contributed by atoms with E-state index >= 15 is 0 Å². The molecule has 0 spiro atoms. The Hall–Kier alpha value is -1.24. The molecule has 1 aromatic rings. The maximum atomic E-state index is 12.4. The van der Waals surface area contributed by atoms with Crippen LogP contribution in [0.3, 0.4) is 0 Å². The number of anilines is 1. The van der Waals surface area contributed by atoms with Crippen LogP contribution in [0.5, 0.6) is 0 Å². The van der Waals surface area contributed by atoms with Crippen LogP contribution in [-0.4, -0.2) is 46.1 Å². The molecule has 1 amide bonds. The fourth-order valence-corrected chi connectivity index (χ4v) is 3.87. The number of rotatable bonds is 6. The van der Waals surface area contributed by atoms with Gasteiger partial charge in [-0.25, -0.2) is 0 Å². The molecule has 23 heavy (non-hydrogen) atoms. The lowest BCUT2D eigenvalue weighted by atomic mass is 9.95. The molecule has 0 aromatic carbocycles. The second kappa shape index (κ2) is 8.04. The highest BCUT2D eigenvalue weighted by Crippen LogP contribution is 2.28. The van der Waals surface area contributed by atoms with Gasteiger partial charge in [-0.2, -0.15) is 0 Å². The predicted molar refractivity (Wildman–Crippen MR) is 95.1 cm³/mol. The van der Waals surface area contributed by atoms with Gasteiger partial charge in [0.25, 0.3) is 0 Å². The summed E-state index contributed by atoms with van der Waals surface area (Å²) in [6, 6.07) is 0.595. The molecule has 1 N–H and O–H groups in total. The van der Waals surface area contributed by atoms with Gasteiger partial charge in [0.05, 0.1) is 5.25 Å². The number of thioether (sulfide) groups is 1. The lowest BCUT2D eigenvalue weighted by Crippen LogP contribution is -2.40. The van der Waals surface area contributed by atoms with E-state index in [9.17, 15) is 4.79 Å². The monoisotopic (exact) mass is 339 g/mol. The van der Waals surface area contributed by atoms with Crippen molar-refractivity contribution in [2.45, 2.75) is 75.4 Å². The molecule has 0 saturated heterocycles. The van der Waals surface area contributed by atoms with Crippen molar-refractivity contribution < 1.29 is 4.79 Å². The topological polar surface area (TPSA) is 63.1 Å². The standard InChI is InChI=1S/C16H29N5OS/c1-11(2)21-15(20(4)5)18-19-16(21)23-12(3)14(22)17-13-9-7-6-8-10-13/h11-13H,6-10H2,1-5H3,(H,17,22)/t12-/m0/s1. The maximum Gasteiger partial charge on any atom is 0.233 e. The normalized spacial score (nSPS) is 17.3. The Kier molecular flexibility index (Phi) is 6.33. The van der Waals surface area contributed by atoms with Crippen molar-refractivity contribution in [2.24, 2.45) is 0 Å². The predicted octanol–water partition coefficient (Wildman–Crippen LogP) is 2.85. The van der Waals surface area contributed by atoms with Crippen LogP contribution in [0.25, 0.3) is 0 Å². The molecule has 0 unspecified atom stereocenters. The number of carbonyl (C=O) groups excluding carboxylic acids is 1. The highest BCUT2D eigenvalue weighted by atomic mass is 32.2. The first kappa shape index (κ1) is 18.1. The maximum absolute atomic E-state index is 12.4. The molecule has 1 aliphatic carbocycles. The summed E-state index contributed by atoms with van der Waals surface area (Å²) >= 11 is 1.48. The smallest absolute Gasteiger partial charge is 0.233 e. The Morgan fingerprint density at radius 1 is 1.22 bits per heavy atom. The van der Waals surface area contributed by atoms with Crippen LogP contribution in [0.15, 0.2) is 5.16 Å². The number of nitrogens with one attached hydrogen (secondary N) is 1. The van der Waals surface area contributed by atoms with Crippen molar-refractivity contribution in [1.29, 1.82) is 0 Å². The van der Waals surface area contributed by atoms with E-state index in [0.29, 0.717) is 6.04 Å². The van der Waals surface area contributed by atoms with Gasteiger partial charge in [-0.1, -0.05) is 31.0 Å². The minimum atomic E-state index is -0.173. The molecule has 1 atom stereocenters. The SMILES string of the molecule is CC(C)n1c(S[C@@H](C)C(=O)NC2CCCCC2)nnc1N(C)C.